The smallest absolute Gasteiger partial charge is 0.229 e. The lowest BCUT2D eigenvalue weighted by molar-refractivity contribution is -0.132. The molecule has 49 heteroatoms. The minimum Gasteiger partial charge on any atom is -0.397 e. The average Bonchev–Trinajstić information content (AvgIpc) is 1.50. The highest BCUT2D eigenvalue weighted by atomic mass is 16.4. The lowest BCUT2D eigenvalue weighted by atomic mass is 9.98. The van der Waals surface area contributed by atoms with Crippen molar-refractivity contribution < 1.29 is 91.3 Å². The fourth-order valence-corrected chi connectivity index (χ4v) is 23.6. The quantitative estimate of drug-likeness (QED) is 0.0483. The number of amides is 2. The summed E-state index contributed by atoms with van der Waals surface area (Å²) in [6, 6.07) is -0.601. The maximum atomic E-state index is 12.2. The van der Waals surface area contributed by atoms with E-state index in [9.17, 15) is 91.3 Å². The molecule has 12 aliphatic rings. The second-order valence-corrected chi connectivity index (χ2v) is 37.3. The Morgan fingerprint density at radius 1 is 0.328 bits per heavy atom. The van der Waals surface area contributed by atoms with Gasteiger partial charge in [0.15, 0.2) is 63.0 Å². The fourth-order valence-electron chi connectivity index (χ4n) is 23.6. The molecule has 12 aromatic rings. The number of carbonyl (C=O) groups excluding carboxylic acids is 2. The molecule has 0 aliphatic heterocycles. The Bertz CT molecular complexity index is 6270. The normalized spacial score (nSPS) is 36.7. The van der Waals surface area contributed by atoms with E-state index in [0.717, 1.165) is 0 Å². The lowest BCUT2D eigenvalue weighted by Gasteiger charge is -2.23. The summed E-state index contributed by atoms with van der Waals surface area (Å²) in [6.45, 7) is 8.30. The van der Waals surface area contributed by atoms with Gasteiger partial charge in [0.05, 0.1) is 154 Å². The van der Waals surface area contributed by atoms with Crippen LogP contribution in [0.25, 0.3) is 67.0 Å². The van der Waals surface area contributed by atoms with Gasteiger partial charge in [0.25, 0.3) is 0 Å². The van der Waals surface area contributed by atoms with Gasteiger partial charge in [-0.3, -0.25) is 9.59 Å². The van der Waals surface area contributed by atoms with Gasteiger partial charge in [0.2, 0.25) is 11.8 Å². The van der Waals surface area contributed by atoms with E-state index in [1.807, 2.05) is 9.13 Å². The van der Waals surface area contributed by atoms with Gasteiger partial charge in [-0.15, -0.1) is 0 Å². The number of anilines is 6. The van der Waals surface area contributed by atoms with Gasteiger partial charge in [-0.2, -0.15) is 0 Å². The van der Waals surface area contributed by atoms with E-state index in [1.165, 1.54) is 26.7 Å². The number of aromatic nitrogens is 23. The molecule has 6 unspecified atom stereocenters. The van der Waals surface area contributed by atoms with Gasteiger partial charge < -0.3 is 153 Å². The van der Waals surface area contributed by atoms with Crippen LogP contribution >= 0.6 is 0 Å². The molecule has 12 aromatic heterocycles. The first kappa shape index (κ1) is 88.7. The van der Waals surface area contributed by atoms with Crippen molar-refractivity contribution in [3.63, 3.8) is 0 Å². The average molecular weight is 1810 g/mol. The number of aryl methyl sites for hydroxylation is 5. The van der Waals surface area contributed by atoms with Crippen LogP contribution in [0.15, 0.2) is 50.2 Å². The number of nitrogens with one attached hydrogen (secondary N) is 4. The number of nitrogens with zero attached hydrogens (tertiary/aromatic N) is 23. The highest BCUT2D eigenvalue weighted by Crippen LogP contribution is 2.73. The molecule has 0 saturated heterocycles. The number of carbonyl (C=O) groups is 2. The number of aliphatic hydroxyl groups excluding tert-OH is 16. The van der Waals surface area contributed by atoms with Gasteiger partial charge in [0.1, 0.15) is 98.8 Å². The number of nitrogen functional groups attached to an aromatic ring is 4. The molecule has 698 valence electrons. The third-order valence-electron chi connectivity index (χ3n) is 30.9. The van der Waals surface area contributed by atoms with Gasteiger partial charge in [-0.05, 0) is 103 Å². The van der Waals surface area contributed by atoms with Gasteiger partial charge >= 0.3 is 0 Å². The van der Waals surface area contributed by atoms with Gasteiger partial charge in [0, 0.05) is 67.9 Å². The van der Waals surface area contributed by atoms with E-state index < -0.39 is 118 Å². The van der Waals surface area contributed by atoms with Crippen molar-refractivity contribution in [3.8, 4) is 0 Å². The van der Waals surface area contributed by atoms with Crippen molar-refractivity contribution in [2.24, 2.45) is 68.0 Å². The molecule has 30 atom stereocenters. The van der Waals surface area contributed by atoms with Crippen LogP contribution in [0, 0.1) is 103 Å². The summed E-state index contributed by atoms with van der Waals surface area (Å²) in [5, 5.41) is 173. The number of fused-ring (bicyclic) bond motifs is 12. The molecule has 12 fully saturated rings. The number of hydrogen-bond donors (Lipinski definition) is 24. The van der Waals surface area contributed by atoms with Crippen LogP contribution in [-0.2, 0) is 9.59 Å². The summed E-state index contributed by atoms with van der Waals surface area (Å²) in [7, 11) is 6.60. The second kappa shape index (κ2) is 31.3. The highest BCUT2D eigenvalue weighted by Gasteiger charge is 2.78. The molecular formula is C82H107N31O18. The van der Waals surface area contributed by atoms with Crippen LogP contribution in [0.2, 0.25) is 0 Å². The standard InChI is InChI=1S/2C14H18N6O3.2C14H19N5O3.C13H17N5O3.C13H16N4O3/c2*1-5-18-11(15)7-12(19-5)20(4-17-7)8-6-3-14(6,13(23)16-2)10(22)9(8)21;2*1-6-17-12(15-2)8-13(18-6)19(5-16-8)9-7-3-14(7,4-20)11(22)10(9)21;1-5-16-11(14)7-12(17-5)18(4-15-7)8-6-2-13(6,3-19)10(21)9(8)20;14-7-1-2-15-12-8(7)16-5-17(12)9-6-3-13(6,4-18)11(20)10(9)19/h2*4,6,8-10,21-22H,3H2,1-2H3,(H,16,23)(H2,15,18,19);2*5,7,9-11,20-22H,3-4H2,1-2H3,(H,15,17,18);4,6,8-10,19-21H,2-3H2,1H3,(H2,14,16,17);1-2,5-6,9-11,18-20H,3-4H2,(H2,14,15)/t2*6-,8-,9-,10?,14+;2*7-,9-,10-,11?,14+;6-,8-,9-,10?,13+;6-,9-,10-,11?,13+/m111111/s1. The topological polar surface area (TPSA) is 759 Å². The molecule has 0 bridgehead atoms. The van der Waals surface area contributed by atoms with Crippen molar-refractivity contribution >= 4 is 114 Å². The minimum atomic E-state index is -1.12. The predicted molar refractivity (Wildman–Crippen MR) is 461 cm³/mol. The summed E-state index contributed by atoms with van der Waals surface area (Å²) in [6.07, 6.45) is 3.13. The molecule has 0 aromatic carbocycles. The maximum absolute atomic E-state index is 12.2. The van der Waals surface area contributed by atoms with E-state index in [1.54, 1.807) is 105 Å². The van der Waals surface area contributed by atoms with E-state index in [2.05, 4.69) is 106 Å². The van der Waals surface area contributed by atoms with Crippen LogP contribution < -0.4 is 44.2 Å². The monoisotopic (exact) mass is 1810 g/mol. The Labute approximate surface area is 742 Å². The Balaban J connectivity index is 0.000000102. The summed E-state index contributed by atoms with van der Waals surface area (Å²) >= 11 is 0. The van der Waals surface area contributed by atoms with Crippen molar-refractivity contribution in [2.45, 2.75) is 183 Å². The van der Waals surface area contributed by atoms with Crippen molar-refractivity contribution in [2.75, 3.05) is 88.2 Å². The first-order chi connectivity index (χ1) is 62.5. The Morgan fingerprint density at radius 3 is 0.840 bits per heavy atom. The van der Waals surface area contributed by atoms with E-state index >= 15 is 0 Å². The summed E-state index contributed by atoms with van der Waals surface area (Å²) in [4.78, 5) is 97.0. The lowest BCUT2D eigenvalue weighted by Crippen LogP contribution is -2.41. The summed E-state index contributed by atoms with van der Waals surface area (Å²) in [5.41, 5.74) is 26.5. The van der Waals surface area contributed by atoms with Crippen LogP contribution in [0.1, 0.15) is 104 Å². The van der Waals surface area contributed by atoms with E-state index in [-0.39, 0.29) is 110 Å². The fraction of sp³-hybridized carbons (Fsp3) is 0.598. The van der Waals surface area contributed by atoms with Gasteiger partial charge in [-0.25, -0.2) is 84.7 Å². The summed E-state index contributed by atoms with van der Waals surface area (Å²) < 4.78 is 10.6. The minimum absolute atomic E-state index is 0.0152. The molecule has 131 heavy (non-hydrogen) atoms. The van der Waals surface area contributed by atoms with Crippen molar-refractivity contribution in [1.29, 1.82) is 0 Å². The Hall–Kier alpha value is -11.5. The first-order valence-electron chi connectivity index (χ1n) is 43.3. The molecule has 12 heterocycles. The molecule has 12 saturated carbocycles. The maximum Gasteiger partial charge on any atom is 0.229 e. The van der Waals surface area contributed by atoms with Crippen LogP contribution in [-0.4, -0.2) is 334 Å². The third kappa shape index (κ3) is 12.8. The molecule has 0 spiro atoms. The molecule has 24 rings (SSSR count). The molecule has 0 radical (unpaired) electrons. The molecule has 49 nitrogen and oxygen atoms in total. The first-order valence-corrected chi connectivity index (χ1v) is 43.3. The molecular weight excluding hydrogens is 1710 g/mol. The zero-order valence-electron chi connectivity index (χ0n) is 72.6. The highest BCUT2D eigenvalue weighted by molar-refractivity contribution is 5.90. The zero-order chi connectivity index (χ0) is 93.3. The van der Waals surface area contributed by atoms with Crippen molar-refractivity contribution in [1.82, 2.24) is 123 Å². The molecule has 2 amide bonds. The van der Waals surface area contributed by atoms with Crippen LogP contribution in [0.5, 0.6) is 0 Å². The predicted octanol–water partition coefficient (Wildman–Crippen LogP) is -5.32. The number of rotatable bonds is 14. The number of nitrogens with two attached hydrogens (primary N) is 4. The van der Waals surface area contributed by atoms with Crippen molar-refractivity contribution in [3.05, 3.63) is 79.3 Å². The van der Waals surface area contributed by atoms with E-state index in [4.69, 9.17) is 22.9 Å². The summed E-state index contributed by atoms with van der Waals surface area (Å²) in [5.74, 6) is 4.16. The number of pyridine rings is 1. The van der Waals surface area contributed by atoms with E-state index in [0.29, 0.717) is 158 Å². The zero-order valence-corrected chi connectivity index (χ0v) is 72.6. The number of imidazole rings is 6. The Morgan fingerprint density at radius 2 is 0.573 bits per heavy atom. The number of hydrogen-bond acceptors (Lipinski definition) is 41. The number of aliphatic hydroxyl groups is 16. The second-order valence-electron chi connectivity index (χ2n) is 37.3. The SMILES string of the molecule is CNC(=O)[C@@]12C[C@@H]1[C@@H](n1cnc3c(N)nc(C)nc31)[C@@H](O)C2O.CNC(=O)[C@@]12C[C@@H]1[C@@H](n1cnc3c(N)nc(C)nc31)[C@@H](O)C2O.CNc1nc(C)nc2c1ncn2[C@@H]1[C@H]2C[C@@]2(CO)C(O)[C@@H]1O.CNc1nc(C)nc2c1ncn2[C@@H]1[C@H]2C[C@@]2(CO)C(O)[C@@H]1O.Cc1nc(N)c2ncn([C@@H]3[C@H]4C[C@@]4(CO)C(O)[C@@H]3O)c2n1.Nc1ccnc2c1ncn2[C@@H]1[C@H]2C[C@@]2(CO)C(O)[C@@H]1O. The van der Waals surface area contributed by atoms with Gasteiger partial charge in [-0.1, -0.05) is 0 Å². The molecule has 12 aliphatic carbocycles. The Kier molecular flexibility index (Phi) is 21.2. The van der Waals surface area contributed by atoms with Crippen LogP contribution in [0.4, 0.5) is 34.8 Å². The molecule has 28 N–H and O–H groups in total. The third-order valence-corrected chi connectivity index (χ3v) is 30.9. The largest absolute Gasteiger partial charge is 0.397 e. The van der Waals surface area contributed by atoms with Crippen LogP contribution in [0.3, 0.4) is 0 Å².